The zero-order valence-corrected chi connectivity index (χ0v) is 10.9. The molecular weight excluding hydrogens is 218 g/mol. The third-order valence-corrected chi connectivity index (χ3v) is 4.37. The highest BCUT2D eigenvalue weighted by molar-refractivity contribution is 7.09. The van der Waals surface area contributed by atoms with E-state index in [9.17, 15) is 0 Å². The van der Waals surface area contributed by atoms with Crippen LogP contribution in [0.2, 0.25) is 0 Å². The highest BCUT2D eigenvalue weighted by Gasteiger charge is 2.16. The van der Waals surface area contributed by atoms with Crippen LogP contribution < -0.4 is 0 Å². The molecule has 1 saturated carbocycles. The molecule has 1 aliphatic carbocycles. The number of ether oxygens (including phenoxy) is 1. The molecule has 0 N–H and O–H groups in total. The largest absolute Gasteiger partial charge is 0.378 e. The molecule has 0 unspecified atom stereocenters. The fourth-order valence-electron chi connectivity index (χ4n) is 2.43. The molecule has 1 aromatic heterocycles. The molecule has 0 radical (unpaired) electrons. The summed E-state index contributed by atoms with van der Waals surface area (Å²) < 4.78 is 5.12. The Morgan fingerprint density at radius 2 is 1.94 bits per heavy atom. The van der Waals surface area contributed by atoms with Crippen molar-refractivity contribution in [3.8, 4) is 0 Å². The summed E-state index contributed by atoms with van der Waals surface area (Å²) in [7, 11) is 1.73. The van der Waals surface area contributed by atoms with E-state index < -0.39 is 0 Å². The summed E-state index contributed by atoms with van der Waals surface area (Å²) in [5.74, 6) is 0.718. The van der Waals surface area contributed by atoms with Crippen LogP contribution >= 0.6 is 11.3 Å². The monoisotopic (exact) mass is 239 g/mol. The maximum Gasteiger partial charge on any atom is 0.0960 e. The summed E-state index contributed by atoms with van der Waals surface area (Å²) in [6, 6.07) is 0. The van der Waals surface area contributed by atoms with Crippen molar-refractivity contribution < 1.29 is 4.74 Å². The molecule has 0 aliphatic heterocycles. The minimum absolute atomic E-state index is 0.656. The van der Waals surface area contributed by atoms with E-state index in [0.717, 1.165) is 11.6 Å². The van der Waals surface area contributed by atoms with E-state index >= 15 is 0 Å². The quantitative estimate of drug-likeness (QED) is 0.791. The lowest BCUT2D eigenvalue weighted by atomic mass is 9.92. The van der Waals surface area contributed by atoms with Gasteiger partial charge in [-0.3, -0.25) is 0 Å². The van der Waals surface area contributed by atoms with Crippen molar-refractivity contribution in [1.29, 1.82) is 0 Å². The normalized spacial score (nSPS) is 19.3. The lowest BCUT2D eigenvalue weighted by Gasteiger charge is -2.17. The van der Waals surface area contributed by atoms with Crippen molar-refractivity contribution >= 4 is 11.3 Å². The van der Waals surface area contributed by atoms with Gasteiger partial charge in [-0.1, -0.05) is 32.1 Å². The first-order valence-electron chi connectivity index (χ1n) is 6.33. The number of methoxy groups -OCH3 is 1. The van der Waals surface area contributed by atoms with Crippen LogP contribution in [-0.4, -0.2) is 12.1 Å². The first-order chi connectivity index (χ1) is 7.90. The maximum absolute atomic E-state index is 5.12. The van der Waals surface area contributed by atoms with Gasteiger partial charge in [0.25, 0.3) is 0 Å². The standard InChI is InChI=1S/C13H21NOS/c1-15-9-12-10-16-13(14-12)11-7-5-3-2-4-6-8-11/h10-11H,2-9H2,1H3. The minimum Gasteiger partial charge on any atom is -0.378 e. The molecule has 0 bridgehead atoms. The Hall–Kier alpha value is -0.410. The summed E-state index contributed by atoms with van der Waals surface area (Å²) in [5, 5.41) is 3.49. The number of nitrogens with zero attached hydrogens (tertiary/aromatic N) is 1. The van der Waals surface area contributed by atoms with Crippen molar-refractivity contribution in [2.75, 3.05) is 7.11 Å². The zero-order chi connectivity index (χ0) is 11.2. The van der Waals surface area contributed by atoms with Crippen molar-refractivity contribution in [2.45, 2.75) is 57.5 Å². The van der Waals surface area contributed by atoms with Gasteiger partial charge in [-0.05, 0) is 12.8 Å². The van der Waals surface area contributed by atoms with Crippen molar-refractivity contribution in [3.63, 3.8) is 0 Å². The van der Waals surface area contributed by atoms with Crippen LogP contribution in [0.15, 0.2) is 5.38 Å². The van der Waals surface area contributed by atoms with Gasteiger partial charge < -0.3 is 4.74 Å². The molecule has 16 heavy (non-hydrogen) atoms. The average molecular weight is 239 g/mol. The molecule has 1 aliphatic rings. The van der Waals surface area contributed by atoms with Crippen LogP contribution in [0, 0.1) is 0 Å². The Morgan fingerprint density at radius 3 is 2.62 bits per heavy atom. The molecule has 0 atom stereocenters. The molecule has 1 heterocycles. The van der Waals surface area contributed by atoms with Crippen LogP contribution in [0.25, 0.3) is 0 Å². The molecule has 90 valence electrons. The predicted molar refractivity (Wildman–Crippen MR) is 67.9 cm³/mol. The SMILES string of the molecule is COCc1csc(C2CCCCCCC2)n1. The highest BCUT2D eigenvalue weighted by Crippen LogP contribution is 2.32. The van der Waals surface area contributed by atoms with Gasteiger partial charge in [0.1, 0.15) is 0 Å². The Bertz CT molecular complexity index is 303. The van der Waals surface area contributed by atoms with Crippen LogP contribution in [-0.2, 0) is 11.3 Å². The van der Waals surface area contributed by atoms with E-state index in [1.54, 1.807) is 7.11 Å². The van der Waals surface area contributed by atoms with Crippen LogP contribution in [0.3, 0.4) is 0 Å². The third kappa shape index (κ3) is 3.29. The number of hydrogen-bond acceptors (Lipinski definition) is 3. The van der Waals surface area contributed by atoms with Gasteiger partial charge in [-0.15, -0.1) is 11.3 Å². The first kappa shape index (κ1) is 12.1. The fourth-order valence-corrected chi connectivity index (χ4v) is 3.40. The molecular formula is C13H21NOS. The molecule has 1 aromatic rings. The van der Waals surface area contributed by atoms with Crippen molar-refractivity contribution in [1.82, 2.24) is 4.98 Å². The lowest BCUT2D eigenvalue weighted by molar-refractivity contribution is 0.182. The molecule has 0 amide bonds. The fraction of sp³-hybridized carbons (Fsp3) is 0.769. The van der Waals surface area contributed by atoms with Gasteiger partial charge in [0.2, 0.25) is 0 Å². The molecule has 0 spiro atoms. The Balaban J connectivity index is 1.97. The highest BCUT2D eigenvalue weighted by atomic mass is 32.1. The lowest BCUT2D eigenvalue weighted by Crippen LogP contribution is -2.02. The van der Waals surface area contributed by atoms with Crippen LogP contribution in [0.1, 0.15) is 61.6 Å². The van der Waals surface area contributed by atoms with Crippen LogP contribution in [0.5, 0.6) is 0 Å². The predicted octanol–water partition coefficient (Wildman–Crippen LogP) is 4.12. The Morgan fingerprint density at radius 1 is 1.25 bits per heavy atom. The van der Waals surface area contributed by atoms with E-state index in [-0.39, 0.29) is 0 Å². The van der Waals surface area contributed by atoms with Gasteiger partial charge in [-0.2, -0.15) is 0 Å². The maximum atomic E-state index is 5.12. The van der Waals surface area contributed by atoms with Gasteiger partial charge in [-0.25, -0.2) is 4.98 Å². The first-order valence-corrected chi connectivity index (χ1v) is 7.21. The molecule has 0 saturated heterocycles. The Labute approximate surface area is 102 Å². The summed E-state index contributed by atoms with van der Waals surface area (Å²) in [4.78, 5) is 4.69. The van der Waals surface area contributed by atoms with Crippen molar-refractivity contribution in [3.05, 3.63) is 16.1 Å². The molecule has 2 nitrogen and oxygen atoms in total. The second-order valence-corrected chi connectivity index (χ2v) is 5.54. The van der Waals surface area contributed by atoms with Crippen LogP contribution in [0.4, 0.5) is 0 Å². The third-order valence-electron chi connectivity index (χ3n) is 3.32. The number of rotatable bonds is 3. The zero-order valence-electron chi connectivity index (χ0n) is 10.1. The molecule has 2 rings (SSSR count). The van der Waals surface area contributed by atoms with Crippen molar-refractivity contribution in [2.24, 2.45) is 0 Å². The summed E-state index contributed by atoms with van der Waals surface area (Å²) in [6.45, 7) is 0.656. The number of aromatic nitrogens is 1. The van der Waals surface area contributed by atoms with E-state index in [1.807, 2.05) is 11.3 Å². The van der Waals surface area contributed by atoms with E-state index in [2.05, 4.69) is 10.4 Å². The average Bonchev–Trinajstić information content (AvgIpc) is 2.66. The minimum atomic E-state index is 0.656. The molecule has 3 heteroatoms. The number of hydrogen-bond donors (Lipinski definition) is 0. The van der Waals surface area contributed by atoms with Gasteiger partial charge in [0.05, 0.1) is 17.3 Å². The molecule has 1 fully saturated rings. The van der Waals surface area contributed by atoms with Gasteiger partial charge >= 0.3 is 0 Å². The summed E-state index contributed by atoms with van der Waals surface area (Å²) >= 11 is 1.82. The molecule has 0 aromatic carbocycles. The van der Waals surface area contributed by atoms with E-state index in [0.29, 0.717) is 6.61 Å². The second-order valence-electron chi connectivity index (χ2n) is 4.65. The van der Waals surface area contributed by atoms with Gasteiger partial charge in [0, 0.05) is 18.4 Å². The topological polar surface area (TPSA) is 22.1 Å². The van der Waals surface area contributed by atoms with Gasteiger partial charge in [0.15, 0.2) is 0 Å². The smallest absolute Gasteiger partial charge is 0.0960 e. The summed E-state index contributed by atoms with van der Waals surface area (Å²) in [5.41, 5.74) is 1.10. The summed E-state index contributed by atoms with van der Waals surface area (Å²) in [6.07, 6.45) is 9.67. The van der Waals surface area contributed by atoms with E-state index in [1.165, 1.54) is 50.0 Å². The number of thiazole rings is 1. The van der Waals surface area contributed by atoms with E-state index in [4.69, 9.17) is 4.74 Å². The second kappa shape index (κ2) is 6.36. The Kier molecular flexibility index (Phi) is 4.79.